The molecule has 90 valence electrons. The Balaban J connectivity index is 2.19. The average molecular weight is 307 g/mol. The van der Waals surface area contributed by atoms with E-state index in [1.165, 1.54) is 12.1 Å². The zero-order chi connectivity index (χ0) is 12.7. The maximum atomic E-state index is 13.2. The van der Waals surface area contributed by atoms with Gasteiger partial charge in [0, 0.05) is 22.2 Å². The molecule has 0 atom stereocenters. The van der Waals surface area contributed by atoms with Crippen LogP contribution >= 0.6 is 15.9 Å². The first-order valence-corrected chi connectivity index (χ1v) is 6.04. The predicted molar refractivity (Wildman–Crippen MR) is 71.5 cm³/mol. The first kappa shape index (κ1) is 11.2. The third kappa shape index (κ3) is 1.86. The van der Waals surface area contributed by atoms with Crippen LogP contribution in [0.15, 0.2) is 45.3 Å². The number of aromatic nitrogens is 1. The van der Waals surface area contributed by atoms with Gasteiger partial charge in [-0.3, -0.25) is 0 Å². The van der Waals surface area contributed by atoms with Gasteiger partial charge in [0.25, 0.3) is 0 Å². The Labute approximate surface area is 111 Å². The fourth-order valence-corrected chi connectivity index (χ4v) is 2.00. The minimum atomic E-state index is -0.421. The number of nitrogens with two attached hydrogens (primary N) is 1. The minimum Gasteiger partial charge on any atom is -0.434 e. The van der Waals surface area contributed by atoms with Crippen molar-refractivity contribution in [3.05, 3.63) is 46.7 Å². The summed E-state index contributed by atoms with van der Waals surface area (Å²) in [5.74, 6) is 0.00505. The molecule has 0 fully saturated rings. The normalized spacial score (nSPS) is 11.0. The summed E-state index contributed by atoms with van der Waals surface area (Å²) in [6.45, 7) is 0. The number of anilines is 1. The van der Waals surface area contributed by atoms with E-state index < -0.39 is 5.82 Å². The third-order valence-electron chi connectivity index (χ3n) is 2.57. The van der Waals surface area contributed by atoms with E-state index in [9.17, 15) is 4.39 Å². The number of oxazole rings is 1. The molecule has 1 heterocycles. The Hall–Kier alpha value is -1.88. The molecule has 0 radical (unpaired) electrons. The van der Waals surface area contributed by atoms with Gasteiger partial charge in [-0.1, -0.05) is 15.9 Å². The van der Waals surface area contributed by atoms with Gasteiger partial charge in [-0.2, -0.15) is 0 Å². The van der Waals surface area contributed by atoms with Gasteiger partial charge in [0.05, 0.1) is 5.69 Å². The first-order chi connectivity index (χ1) is 8.63. The van der Waals surface area contributed by atoms with Crippen molar-refractivity contribution in [1.29, 1.82) is 0 Å². The molecule has 0 aliphatic rings. The van der Waals surface area contributed by atoms with Crippen LogP contribution in [0.1, 0.15) is 0 Å². The molecule has 18 heavy (non-hydrogen) atoms. The van der Waals surface area contributed by atoms with E-state index in [1.54, 1.807) is 0 Å². The SMILES string of the molecule is Nc1cc(F)cc2nc(-c3ccc(Br)cc3)oc12. The van der Waals surface area contributed by atoms with Crippen molar-refractivity contribution in [3.63, 3.8) is 0 Å². The molecular weight excluding hydrogens is 299 g/mol. The highest BCUT2D eigenvalue weighted by Gasteiger charge is 2.11. The summed E-state index contributed by atoms with van der Waals surface area (Å²) in [6.07, 6.45) is 0. The lowest BCUT2D eigenvalue weighted by Crippen LogP contribution is -1.86. The Morgan fingerprint density at radius 2 is 1.89 bits per heavy atom. The van der Waals surface area contributed by atoms with E-state index >= 15 is 0 Å². The Kier molecular flexibility index (Phi) is 2.56. The molecule has 0 saturated carbocycles. The topological polar surface area (TPSA) is 52.0 Å². The molecule has 0 aliphatic carbocycles. The fraction of sp³-hybridized carbons (Fsp3) is 0. The Morgan fingerprint density at radius 3 is 2.61 bits per heavy atom. The standard InChI is InChI=1S/C13H8BrFN2O/c14-8-3-1-7(2-4-8)13-17-11-6-9(15)5-10(16)12(11)18-13/h1-6H,16H2. The summed E-state index contributed by atoms with van der Waals surface area (Å²) in [5, 5.41) is 0. The summed E-state index contributed by atoms with van der Waals surface area (Å²) in [5.41, 5.74) is 7.59. The van der Waals surface area contributed by atoms with Crippen LogP contribution in [0.3, 0.4) is 0 Å². The molecule has 2 aromatic carbocycles. The number of benzene rings is 2. The van der Waals surface area contributed by atoms with Crippen molar-refractivity contribution in [2.45, 2.75) is 0 Å². The Morgan fingerprint density at radius 1 is 1.17 bits per heavy atom. The number of hydrogen-bond donors (Lipinski definition) is 1. The minimum absolute atomic E-state index is 0.251. The number of fused-ring (bicyclic) bond motifs is 1. The van der Waals surface area contributed by atoms with Crippen molar-refractivity contribution in [2.75, 3.05) is 5.73 Å². The second kappa shape index (κ2) is 4.10. The maximum Gasteiger partial charge on any atom is 0.227 e. The molecule has 0 aliphatic heterocycles. The van der Waals surface area contributed by atoms with E-state index in [0.717, 1.165) is 10.0 Å². The number of nitrogen functional groups attached to an aromatic ring is 1. The number of hydrogen-bond acceptors (Lipinski definition) is 3. The van der Waals surface area contributed by atoms with Crippen LogP contribution in [0.5, 0.6) is 0 Å². The molecule has 3 aromatic rings. The van der Waals surface area contributed by atoms with E-state index in [-0.39, 0.29) is 5.69 Å². The molecule has 0 bridgehead atoms. The van der Waals surface area contributed by atoms with Crippen LogP contribution in [-0.4, -0.2) is 4.98 Å². The van der Waals surface area contributed by atoms with Crippen LogP contribution in [-0.2, 0) is 0 Å². The van der Waals surface area contributed by atoms with E-state index in [0.29, 0.717) is 17.0 Å². The summed E-state index contributed by atoms with van der Waals surface area (Å²) >= 11 is 3.35. The third-order valence-corrected chi connectivity index (χ3v) is 3.10. The highest BCUT2D eigenvalue weighted by atomic mass is 79.9. The van der Waals surface area contributed by atoms with Crippen molar-refractivity contribution in [3.8, 4) is 11.5 Å². The molecular formula is C13H8BrFN2O. The molecule has 3 rings (SSSR count). The lowest BCUT2D eigenvalue weighted by atomic mass is 10.2. The summed E-state index contributed by atoms with van der Waals surface area (Å²) in [6, 6.07) is 10.0. The highest BCUT2D eigenvalue weighted by molar-refractivity contribution is 9.10. The second-order valence-corrected chi connectivity index (χ2v) is 4.78. The van der Waals surface area contributed by atoms with Crippen molar-refractivity contribution in [2.24, 2.45) is 0 Å². The average Bonchev–Trinajstić information content (AvgIpc) is 2.74. The number of nitrogens with zero attached hydrogens (tertiary/aromatic N) is 1. The smallest absolute Gasteiger partial charge is 0.227 e. The van der Waals surface area contributed by atoms with Gasteiger partial charge >= 0.3 is 0 Å². The van der Waals surface area contributed by atoms with Gasteiger partial charge in [0.2, 0.25) is 5.89 Å². The van der Waals surface area contributed by atoms with Crippen LogP contribution in [0.4, 0.5) is 10.1 Å². The van der Waals surface area contributed by atoms with Gasteiger partial charge in [-0.15, -0.1) is 0 Å². The second-order valence-electron chi connectivity index (χ2n) is 3.87. The lowest BCUT2D eigenvalue weighted by molar-refractivity contribution is 0.615. The van der Waals surface area contributed by atoms with Gasteiger partial charge in [-0.25, -0.2) is 9.37 Å². The van der Waals surface area contributed by atoms with Crippen LogP contribution in [0.2, 0.25) is 0 Å². The number of halogens is 2. The summed E-state index contributed by atoms with van der Waals surface area (Å²) in [7, 11) is 0. The maximum absolute atomic E-state index is 13.2. The van der Waals surface area contributed by atoms with Crippen LogP contribution in [0.25, 0.3) is 22.6 Å². The predicted octanol–water partition coefficient (Wildman–Crippen LogP) is 3.98. The molecule has 0 unspecified atom stereocenters. The lowest BCUT2D eigenvalue weighted by Gasteiger charge is -1.95. The largest absolute Gasteiger partial charge is 0.434 e. The molecule has 2 N–H and O–H groups in total. The van der Waals surface area contributed by atoms with Crippen LogP contribution < -0.4 is 5.73 Å². The molecule has 1 aromatic heterocycles. The van der Waals surface area contributed by atoms with Crippen molar-refractivity contribution in [1.82, 2.24) is 4.98 Å². The molecule has 0 amide bonds. The Bertz CT molecular complexity index is 722. The van der Waals surface area contributed by atoms with Gasteiger partial charge < -0.3 is 10.2 Å². The van der Waals surface area contributed by atoms with Crippen LogP contribution in [0, 0.1) is 5.82 Å². The van der Waals surface area contributed by atoms with E-state index in [2.05, 4.69) is 20.9 Å². The van der Waals surface area contributed by atoms with Crippen molar-refractivity contribution < 1.29 is 8.81 Å². The van der Waals surface area contributed by atoms with E-state index in [1.807, 2.05) is 24.3 Å². The summed E-state index contributed by atoms with van der Waals surface area (Å²) < 4.78 is 19.7. The molecule has 5 heteroatoms. The summed E-state index contributed by atoms with van der Waals surface area (Å²) in [4.78, 5) is 4.23. The molecule has 0 spiro atoms. The van der Waals surface area contributed by atoms with Gasteiger partial charge in [0.1, 0.15) is 11.3 Å². The highest BCUT2D eigenvalue weighted by Crippen LogP contribution is 2.29. The fourth-order valence-electron chi connectivity index (χ4n) is 1.74. The first-order valence-electron chi connectivity index (χ1n) is 5.25. The van der Waals surface area contributed by atoms with Crippen molar-refractivity contribution >= 4 is 32.7 Å². The van der Waals surface area contributed by atoms with Gasteiger partial charge in [-0.05, 0) is 24.3 Å². The van der Waals surface area contributed by atoms with E-state index in [4.69, 9.17) is 10.2 Å². The number of rotatable bonds is 1. The molecule has 3 nitrogen and oxygen atoms in total. The zero-order valence-corrected chi connectivity index (χ0v) is 10.7. The monoisotopic (exact) mass is 306 g/mol. The van der Waals surface area contributed by atoms with Gasteiger partial charge in [0.15, 0.2) is 5.58 Å². The zero-order valence-electron chi connectivity index (χ0n) is 9.15. The molecule has 0 saturated heterocycles. The quantitative estimate of drug-likeness (QED) is 0.692.